The molecule has 3 aliphatic heterocycles. The molecule has 0 saturated carbocycles. The quantitative estimate of drug-likeness (QED) is 0.311. The van der Waals surface area contributed by atoms with E-state index >= 15 is 0 Å². The van der Waals surface area contributed by atoms with Crippen LogP contribution >= 0.6 is 11.6 Å². The predicted octanol–water partition coefficient (Wildman–Crippen LogP) is 4.66. The normalized spacial score (nSPS) is 20.2. The Bertz CT molecular complexity index is 1780. The van der Waals surface area contributed by atoms with Crippen molar-refractivity contribution in [3.05, 3.63) is 63.0 Å². The molecular weight excluding hydrogens is 660 g/mol. The van der Waals surface area contributed by atoms with Crippen LogP contribution in [0.3, 0.4) is 0 Å². The number of aryl methyl sites for hydroxylation is 1. The first-order valence-corrected chi connectivity index (χ1v) is 18.0. The van der Waals surface area contributed by atoms with Crippen molar-refractivity contribution in [1.29, 1.82) is 0 Å². The number of nitrogens with zero attached hydrogens (tertiary/aromatic N) is 6. The minimum absolute atomic E-state index is 0.128. The maximum Gasteiger partial charge on any atom is 0.410 e. The Morgan fingerprint density at radius 3 is 2.18 bits per heavy atom. The first-order chi connectivity index (χ1) is 23.8. The van der Waals surface area contributed by atoms with Crippen LogP contribution in [0.25, 0.3) is 11.0 Å². The molecular formula is C37H49ClN6O6. The van der Waals surface area contributed by atoms with Gasteiger partial charge in [-0.1, -0.05) is 23.7 Å². The average molecular weight is 709 g/mol. The van der Waals surface area contributed by atoms with Crippen LogP contribution in [-0.4, -0.2) is 105 Å². The summed E-state index contributed by atoms with van der Waals surface area (Å²) in [6, 6.07) is 10.2. The molecule has 270 valence electrons. The van der Waals surface area contributed by atoms with Crippen molar-refractivity contribution in [1.82, 2.24) is 28.7 Å². The van der Waals surface area contributed by atoms with E-state index in [1.54, 1.807) is 36.9 Å². The van der Waals surface area contributed by atoms with Gasteiger partial charge >= 0.3 is 11.8 Å². The highest BCUT2D eigenvalue weighted by Crippen LogP contribution is 2.31. The van der Waals surface area contributed by atoms with Crippen LogP contribution in [0.2, 0.25) is 5.02 Å². The van der Waals surface area contributed by atoms with Gasteiger partial charge in [-0.3, -0.25) is 28.5 Å². The van der Waals surface area contributed by atoms with Gasteiger partial charge in [-0.05, 0) is 81.3 Å². The molecule has 3 aliphatic rings. The number of carbonyl (C=O) groups is 3. The fourth-order valence-corrected chi connectivity index (χ4v) is 7.57. The number of piperidine rings is 2. The van der Waals surface area contributed by atoms with Gasteiger partial charge in [-0.2, -0.15) is 0 Å². The highest BCUT2D eigenvalue weighted by molar-refractivity contribution is 6.32. The van der Waals surface area contributed by atoms with Crippen molar-refractivity contribution >= 4 is 40.5 Å². The Morgan fingerprint density at radius 1 is 0.880 bits per heavy atom. The Balaban J connectivity index is 1.07. The van der Waals surface area contributed by atoms with Gasteiger partial charge in [0.05, 0.1) is 24.7 Å². The van der Waals surface area contributed by atoms with E-state index in [4.69, 9.17) is 21.1 Å². The molecule has 3 fully saturated rings. The number of fused-ring (bicyclic) bond motifs is 1. The summed E-state index contributed by atoms with van der Waals surface area (Å²) >= 11 is 6.88. The zero-order valence-corrected chi connectivity index (χ0v) is 30.6. The van der Waals surface area contributed by atoms with Crippen molar-refractivity contribution in [2.45, 2.75) is 71.2 Å². The van der Waals surface area contributed by atoms with Crippen LogP contribution in [0, 0.1) is 5.92 Å². The maximum absolute atomic E-state index is 13.8. The summed E-state index contributed by atoms with van der Waals surface area (Å²) in [5.41, 5.74) is 2.23. The topological polar surface area (TPSA) is 110 Å². The van der Waals surface area contributed by atoms with Gasteiger partial charge < -0.3 is 19.3 Å². The summed E-state index contributed by atoms with van der Waals surface area (Å²) < 4.78 is 13.9. The van der Waals surface area contributed by atoms with Gasteiger partial charge in [0.2, 0.25) is 5.91 Å². The van der Waals surface area contributed by atoms with Gasteiger partial charge in [0, 0.05) is 70.8 Å². The molecule has 2 aromatic carbocycles. The number of amides is 3. The highest BCUT2D eigenvalue weighted by atomic mass is 35.5. The molecule has 50 heavy (non-hydrogen) atoms. The number of hydrogen-bond donors (Lipinski definition) is 0. The van der Waals surface area contributed by atoms with E-state index in [9.17, 15) is 19.2 Å². The molecule has 13 heteroatoms. The number of benzene rings is 2. The van der Waals surface area contributed by atoms with E-state index in [2.05, 4.69) is 9.80 Å². The van der Waals surface area contributed by atoms with Crippen LogP contribution in [-0.2, 0) is 34.5 Å². The van der Waals surface area contributed by atoms with Gasteiger partial charge in [0.15, 0.2) is 0 Å². The average Bonchev–Trinajstić information content (AvgIpc) is 3.31. The lowest BCUT2D eigenvalue weighted by molar-refractivity contribution is -0.151. The second kappa shape index (κ2) is 14.8. The summed E-state index contributed by atoms with van der Waals surface area (Å²) in [5.74, 6) is 0.609. The second-order valence-corrected chi connectivity index (χ2v) is 15.3. The van der Waals surface area contributed by atoms with Gasteiger partial charge in [0.1, 0.15) is 17.4 Å². The number of methoxy groups -OCH3 is 1. The summed E-state index contributed by atoms with van der Waals surface area (Å²) in [7, 11) is 3.29. The third-order valence-corrected chi connectivity index (χ3v) is 10.5. The zero-order valence-electron chi connectivity index (χ0n) is 29.8. The van der Waals surface area contributed by atoms with Gasteiger partial charge in [-0.15, -0.1) is 0 Å². The molecule has 6 rings (SSSR count). The van der Waals surface area contributed by atoms with Crippen molar-refractivity contribution in [2.75, 3.05) is 52.9 Å². The third-order valence-electron chi connectivity index (χ3n) is 10.2. The lowest BCUT2D eigenvalue weighted by Crippen LogP contribution is -2.49. The summed E-state index contributed by atoms with van der Waals surface area (Å²) in [6.45, 7) is 12.7. The van der Waals surface area contributed by atoms with Crippen molar-refractivity contribution < 1.29 is 23.9 Å². The van der Waals surface area contributed by atoms with E-state index in [0.717, 1.165) is 69.8 Å². The van der Waals surface area contributed by atoms with Gasteiger partial charge in [0.25, 0.3) is 5.91 Å². The Morgan fingerprint density at radius 2 is 1.54 bits per heavy atom. The van der Waals surface area contributed by atoms with E-state index in [1.807, 2.05) is 43.9 Å². The smallest absolute Gasteiger partial charge is 0.410 e. The number of piperazine rings is 1. The molecule has 1 aromatic heterocycles. The lowest BCUT2D eigenvalue weighted by atomic mass is 9.96. The second-order valence-electron chi connectivity index (χ2n) is 14.9. The molecule has 1 atom stereocenters. The van der Waals surface area contributed by atoms with E-state index in [1.165, 1.54) is 9.47 Å². The van der Waals surface area contributed by atoms with Crippen molar-refractivity contribution in [3.63, 3.8) is 0 Å². The Kier molecular flexibility index (Phi) is 10.6. The first-order valence-electron chi connectivity index (χ1n) is 17.6. The standard InChI is InChI=1S/C37H49ClN6O6/c1-37(2,3)50-36(48)42-14-12-26(13-15-42)22-40-16-18-41(19-17-40)24-27-20-31-32(21-29(27)38)44(35(47)39(31)4)30-10-11-33(45)43(34(30)46)23-25-6-8-28(49-5)9-7-25/h6-9,20-21,26,30H,10-19,22-24H2,1-5H3. The summed E-state index contributed by atoms with van der Waals surface area (Å²) in [6.07, 6.45) is 2.17. The summed E-state index contributed by atoms with van der Waals surface area (Å²) in [4.78, 5) is 60.7. The number of aromatic nitrogens is 2. The van der Waals surface area contributed by atoms with E-state index < -0.39 is 17.6 Å². The van der Waals surface area contributed by atoms with Crippen LogP contribution in [0.5, 0.6) is 5.75 Å². The fourth-order valence-electron chi connectivity index (χ4n) is 7.35. The van der Waals surface area contributed by atoms with E-state index in [0.29, 0.717) is 34.3 Å². The number of hydrogen-bond acceptors (Lipinski definition) is 8. The Labute approximate surface area is 298 Å². The molecule has 4 heterocycles. The number of ether oxygens (including phenoxy) is 2. The number of imidazole rings is 1. The largest absolute Gasteiger partial charge is 0.497 e. The molecule has 0 aliphatic carbocycles. The number of imide groups is 1. The third kappa shape index (κ3) is 7.87. The minimum Gasteiger partial charge on any atom is -0.497 e. The predicted molar refractivity (Wildman–Crippen MR) is 191 cm³/mol. The highest BCUT2D eigenvalue weighted by Gasteiger charge is 2.38. The number of halogens is 1. The fraction of sp³-hybridized carbons (Fsp3) is 0.568. The number of carbonyl (C=O) groups excluding carboxylic acids is 3. The van der Waals surface area contributed by atoms with Crippen LogP contribution < -0.4 is 10.4 Å². The summed E-state index contributed by atoms with van der Waals surface area (Å²) in [5, 5.41) is 0.547. The molecule has 3 saturated heterocycles. The molecule has 0 spiro atoms. The molecule has 12 nitrogen and oxygen atoms in total. The first kappa shape index (κ1) is 35.9. The molecule has 3 amide bonds. The maximum atomic E-state index is 13.8. The van der Waals surface area contributed by atoms with Crippen LogP contribution in [0.15, 0.2) is 41.2 Å². The molecule has 0 bridgehead atoms. The molecule has 0 radical (unpaired) electrons. The van der Waals surface area contributed by atoms with Crippen LogP contribution in [0.1, 0.15) is 63.6 Å². The van der Waals surface area contributed by atoms with E-state index in [-0.39, 0.29) is 37.1 Å². The molecule has 3 aromatic rings. The van der Waals surface area contributed by atoms with Crippen molar-refractivity contribution in [2.24, 2.45) is 13.0 Å². The lowest BCUT2D eigenvalue weighted by Gasteiger charge is -2.39. The van der Waals surface area contributed by atoms with Crippen molar-refractivity contribution in [3.8, 4) is 5.75 Å². The molecule has 1 unspecified atom stereocenters. The zero-order chi connectivity index (χ0) is 35.7. The SMILES string of the molecule is COc1ccc(CN2C(=O)CCC(n3c(=O)n(C)c4cc(CN5CCN(CC6CCN(C(=O)OC(C)(C)C)CC6)CC5)c(Cl)cc43)C2=O)cc1. The minimum atomic E-state index is -0.804. The van der Waals surface area contributed by atoms with Gasteiger partial charge in [-0.25, -0.2) is 9.59 Å². The number of likely N-dealkylation sites (tertiary alicyclic amines) is 2. The molecule has 0 N–H and O–H groups in total. The Hall–Kier alpha value is -3.87. The monoisotopic (exact) mass is 708 g/mol. The number of rotatable bonds is 8. The van der Waals surface area contributed by atoms with Crippen LogP contribution in [0.4, 0.5) is 4.79 Å².